The Labute approximate surface area is 108 Å². The second-order valence-corrected chi connectivity index (χ2v) is 5.22. The standard InChI is InChI=1S/C14H22N2O2/c1-3-14(6-7-15-10-14)13(17)16-11(2)9-12-5-4-8-18-12/h4-5,8,11,15H,3,6-7,9-10H2,1-2H3,(H,16,17). The fourth-order valence-electron chi connectivity index (χ4n) is 2.56. The summed E-state index contributed by atoms with van der Waals surface area (Å²) in [5.41, 5.74) is -0.211. The van der Waals surface area contributed by atoms with Gasteiger partial charge in [0, 0.05) is 19.0 Å². The van der Waals surface area contributed by atoms with Crippen LogP contribution in [0.4, 0.5) is 0 Å². The van der Waals surface area contributed by atoms with Crippen LogP contribution in [0.5, 0.6) is 0 Å². The van der Waals surface area contributed by atoms with Crippen molar-refractivity contribution in [3.8, 4) is 0 Å². The number of carbonyl (C=O) groups is 1. The highest BCUT2D eigenvalue weighted by Crippen LogP contribution is 2.29. The van der Waals surface area contributed by atoms with E-state index in [2.05, 4.69) is 17.6 Å². The third-order valence-electron chi connectivity index (χ3n) is 3.87. The predicted octanol–water partition coefficient (Wildman–Crippen LogP) is 1.72. The predicted molar refractivity (Wildman–Crippen MR) is 70.2 cm³/mol. The molecule has 1 amide bonds. The molecule has 2 atom stereocenters. The molecule has 1 aliphatic rings. The molecule has 4 nitrogen and oxygen atoms in total. The Morgan fingerprint density at radius 3 is 3.06 bits per heavy atom. The lowest BCUT2D eigenvalue weighted by atomic mass is 9.83. The zero-order chi connectivity index (χ0) is 13.0. The molecule has 0 spiro atoms. The van der Waals surface area contributed by atoms with Gasteiger partial charge >= 0.3 is 0 Å². The van der Waals surface area contributed by atoms with Crippen molar-refractivity contribution in [1.29, 1.82) is 0 Å². The van der Waals surface area contributed by atoms with Crippen LogP contribution in [0.1, 0.15) is 32.4 Å². The molecule has 1 aromatic heterocycles. The van der Waals surface area contributed by atoms with Gasteiger partial charge in [-0.2, -0.15) is 0 Å². The number of furan rings is 1. The summed E-state index contributed by atoms with van der Waals surface area (Å²) >= 11 is 0. The molecule has 18 heavy (non-hydrogen) atoms. The smallest absolute Gasteiger partial charge is 0.227 e. The van der Waals surface area contributed by atoms with Crippen LogP contribution >= 0.6 is 0 Å². The van der Waals surface area contributed by atoms with Crippen LogP contribution in [0.25, 0.3) is 0 Å². The van der Waals surface area contributed by atoms with E-state index in [9.17, 15) is 4.79 Å². The lowest BCUT2D eigenvalue weighted by molar-refractivity contribution is -0.130. The molecule has 0 radical (unpaired) electrons. The monoisotopic (exact) mass is 250 g/mol. The average molecular weight is 250 g/mol. The molecule has 100 valence electrons. The number of carbonyl (C=O) groups excluding carboxylic acids is 1. The van der Waals surface area contributed by atoms with Crippen molar-refractivity contribution in [2.24, 2.45) is 5.41 Å². The molecular formula is C14H22N2O2. The Hall–Kier alpha value is -1.29. The molecule has 1 aromatic rings. The van der Waals surface area contributed by atoms with Crippen LogP contribution < -0.4 is 10.6 Å². The van der Waals surface area contributed by atoms with E-state index >= 15 is 0 Å². The summed E-state index contributed by atoms with van der Waals surface area (Å²) < 4.78 is 5.30. The van der Waals surface area contributed by atoms with Crippen molar-refractivity contribution in [2.45, 2.75) is 39.2 Å². The molecule has 4 heteroatoms. The van der Waals surface area contributed by atoms with Gasteiger partial charge < -0.3 is 15.1 Å². The maximum Gasteiger partial charge on any atom is 0.227 e. The second kappa shape index (κ2) is 5.57. The minimum Gasteiger partial charge on any atom is -0.469 e. The summed E-state index contributed by atoms with van der Waals surface area (Å²) in [4.78, 5) is 12.4. The van der Waals surface area contributed by atoms with E-state index in [0.717, 1.165) is 38.1 Å². The largest absolute Gasteiger partial charge is 0.469 e. The van der Waals surface area contributed by atoms with E-state index in [4.69, 9.17) is 4.42 Å². The van der Waals surface area contributed by atoms with Crippen molar-refractivity contribution in [3.63, 3.8) is 0 Å². The van der Waals surface area contributed by atoms with Gasteiger partial charge in [-0.3, -0.25) is 4.79 Å². The minimum absolute atomic E-state index is 0.104. The van der Waals surface area contributed by atoms with E-state index in [-0.39, 0.29) is 17.4 Å². The zero-order valence-electron chi connectivity index (χ0n) is 11.2. The van der Waals surface area contributed by atoms with E-state index < -0.39 is 0 Å². The molecule has 2 heterocycles. The third-order valence-corrected chi connectivity index (χ3v) is 3.87. The van der Waals surface area contributed by atoms with E-state index in [1.807, 2.05) is 19.1 Å². The molecule has 1 aliphatic heterocycles. The summed E-state index contributed by atoms with van der Waals surface area (Å²) in [6, 6.07) is 3.92. The Morgan fingerprint density at radius 1 is 1.67 bits per heavy atom. The van der Waals surface area contributed by atoms with Gasteiger partial charge in [-0.25, -0.2) is 0 Å². The molecule has 0 saturated carbocycles. The van der Waals surface area contributed by atoms with Crippen molar-refractivity contribution in [1.82, 2.24) is 10.6 Å². The van der Waals surface area contributed by atoms with Gasteiger partial charge in [0.1, 0.15) is 5.76 Å². The second-order valence-electron chi connectivity index (χ2n) is 5.22. The number of amides is 1. The Bertz CT molecular complexity index is 381. The van der Waals surface area contributed by atoms with E-state index in [1.54, 1.807) is 6.26 Å². The minimum atomic E-state index is -0.211. The van der Waals surface area contributed by atoms with Gasteiger partial charge in [0.05, 0.1) is 11.7 Å². The zero-order valence-corrected chi connectivity index (χ0v) is 11.2. The molecule has 2 N–H and O–H groups in total. The Kier molecular flexibility index (Phi) is 4.07. The van der Waals surface area contributed by atoms with Crippen molar-refractivity contribution < 1.29 is 9.21 Å². The summed E-state index contributed by atoms with van der Waals surface area (Å²) in [6.45, 7) is 5.84. The highest BCUT2D eigenvalue weighted by atomic mass is 16.3. The van der Waals surface area contributed by atoms with Crippen LogP contribution in [0, 0.1) is 5.41 Å². The van der Waals surface area contributed by atoms with E-state index in [0.29, 0.717) is 0 Å². The Morgan fingerprint density at radius 2 is 2.50 bits per heavy atom. The highest BCUT2D eigenvalue weighted by Gasteiger charge is 2.39. The maximum absolute atomic E-state index is 12.4. The van der Waals surface area contributed by atoms with Gasteiger partial charge in [-0.05, 0) is 38.4 Å². The van der Waals surface area contributed by atoms with Gasteiger partial charge in [-0.15, -0.1) is 0 Å². The summed E-state index contributed by atoms with van der Waals surface area (Å²) in [6.07, 6.45) is 4.23. The quantitative estimate of drug-likeness (QED) is 0.836. The van der Waals surface area contributed by atoms with Crippen molar-refractivity contribution >= 4 is 5.91 Å². The SMILES string of the molecule is CCC1(C(=O)NC(C)Cc2ccco2)CCNC1. The third kappa shape index (κ3) is 2.75. The molecule has 1 saturated heterocycles. The lowest BCUT2D eigenvalue weighted by Crippen LogP contribution is -2.46. The highest BCUT2D eigenvalue weighted by molar-refractivity contribution is 5.83. The average Bonchev–Trinajstić information content (AvgIpc) is 2.99. The van der Waals surface area contributed by atoms with Gasteiger partial charge in [-0.1, -0.05) is 6.92 Å². The summed E-state index contributed by atoms with van der Waals surface area (Å²) in [7, 11) is 0. The molecule has 0 aliphatic carbocycles. The molecule has 0 aromatic carbocycles. The van der Waals surface area contributed by atoms with Crippen LogP contribution in [0.3, 0.4) is 0 Å². The van der Waals surface area contributed by atoms with E-state index in [1.165, 1.54) is 0 Å². The summed E-state index contributed by atoms with van der Waals surface area (Å²) in [5.74, 6) is 1.09. The van der Waals surface area contributed by atoms with Crippen LogP contribution in [-0.4, -0.2) is 25.0 Å². The van der Waals surface area contributed by atoms with Crippen LogP contribution in [0.2, 0.25) is 0 Å². The van der Waals surface area contributed by atoms with Crippen molar-refractivity contribution in [3.05, 3.63) is 24.2 Å². The lowest BCUT2D eigenvalue weighted by Gasteiger charge is -2.27. The number of hydrogen-bond acceptors (Lipinski definition) is 3. The molecule has 1 fully saturated rings. The number of nitrogens with one attached hydrogen (secondary N) is 2. The molecule has 2 unspecified atom stereocenters. The molecule has 0 bridgehead atoms. The van der Waals surface area contributed by atoms with Crippen LogP contribution in [0.15, 0.2) is 22.8 Å². The number of rotatable bonds is 5. The molecular weight excluding hydrogens is 228 g/mol. The van der Waals surface area contributed by atoms with Gasteiger partial charge in [0.15, 0.2) is 0 Å². The number of hydrogen-bond donors (Lipinski definition) is 2. The first-order chi connectivity index (χ1) is 8.66. The summed E-state index contributed by atoms with van der Waals surface area (Å²) in [5, 5.41) is 6.40. The normalized spacial score (nSPS) is 25.0. The first kappa shape index (κ1) is 13.1. The molecule has 2 rings (SSSR count). The first-order valence-corrected chi connectivity index (χ1v) is 6.70. The van der Waals surface area contributed by atoms with Crippen LogP contribution in [-0.2, 0) is 11.2 Å². The topological polar surface area (TPSA) is 54.3 Å². The maximum atomic E-state index is 12.4. The van der Waals surface area contributed by atoms with Crippen molar-refractivity contribution in [2.75, 3.05) is 13.1 Å². The van der Waals surface area contributed by atoms with Gasteiger partial charge in [0.2, 0.25) is 5.91 Å². The fourth-order valence-corrected chi connectivity index (χ4v) is 2.56. The van der Waals surface area contributed by atoms with Gasteiger partial charge in [0.25, 0.3) is 0 Å². The fraction of sp³-hybridized carbons (Fsp3) is 0.643. The first-order valence-electron chi connectivity index (χ1n) is 6.70. The Balaban J connectivity index is 1.90.